The summed E-state index contributed by atoms with van der Waals surface area (Å²) in [7, 11) is 0. The third-order valence-electron chi connectivity index (χ3n) is 2.97. The van der Waals surface area contributed by atoms with Gasteiger partial charge in [0, 0.05) is 17.7 Å². The second-order valence-corrected chi connectivity index (χ2v) is 4.50. The number of nitrogens with one attached hydrogen (secondary N) is 1. The minimum absolute atomic E-state index is 0.185. The largest absolute Gasteiger partial charge is 0.454 e. The van der Waals surface area contributed by atoms with E-state index < -0.39 is 11.7 Å². The molecule has 4 nitrogen and oxygen atoms in total. The molecule has 2 aromatic rings. The first-order chi connectivity index (χ1) is 10.1. The van der Waals surface area contributed by atoms with Gasteiger partial charge in [0.1, 0.15) is 5.75 Å². The fourth-order valence-electron chi connectivity index (χ4n) is 1.87. The number of carbonyl (C=O) groups is 1. The van der Waals surface area contributed by atoms with Crippen LogP contribution in [0.15, 0.2) is 42.5 Å². The van der Waals surface area contributed by atoms with Gasteiger partial charge in [-0.25, -0.2) is 4.39 Å². The predicted octanol–water partition coefficient (Wildman–Crippen LogP) is 2.83. The summed E-state index contributed by atoms with van der Waals surface area (Å²) in [5.41, 5.74) is 6.28. The van der Waals surface area contributed by atoms with Crippen LogP contribution in [0.3, 0.4) is 0 Å². The molecule has 0 bridgehead atoms. The van der Waals surface area contributed by atoms with E-state index in [-0.39, 0.29) is 5.75 Å². The van der Waals surface area contributed by atoms with Gasteiger partial charge in [-0.1, -0.05) is 19.1 Å². The number of amides is 1. The van der Waals surface area contributed by atoms with Crippen LogP contribution in [0.2, 0.25) is 0 Å². The molecule has 0 fully saturated rings. The molecule has 0 saturated carbocycles. The summed E-state index contributed by atoms with van der Waals surface area (Å²) in [6.45, 7) is 3.27. The molecule has 110 valence electrons. The van der Waals surface area contributed by atoms with Gasteiger partial charge in [0.15, 0.2) is 11.6 Å². The molecular formula is C16H17FN2O2. The molecule has 0 aliphatic heterocycles. The summed E-state index contributed by atoms with van der Waals surface area (Å²) < 4.78 is 19.5. The van der Waals surface area contributed by atoms with Crippen molar-refractivity contribution < 1.29 is 13.9 Å². The Kier molecular flexibility index (Phi) is 4.90. The molecule has 0 unspecified atom stereocenters. The van der Waals surface area contributed by atoms with Crippen LogP contribution in [0, 0.1) is 5.82 Å². The number of ether oxygens (including phenoxy) is 1. The zero-order valence-corrected chi connectivity index (χ0v) is 11.7. The van der Waals surface area contributed by atoms with Crippen molar-refractivity contribution >= 4 is 5.91 Å². The van der Waals surface area contributed by atoms with E-state index in [1.807, 2.05) is 6.92 Å². The van der Waals surface area contributed by atoms with Crippen molar-refractivity contribution in [1.82, 2.24) is 5.32 Å². The highest BCUT2D eigenvalue weighted by molar-refractivity contribution is 5.92. The van der Waals surface area contributed by atoms with Crippen molar-refractivity contribution in [2.75, 3.05) is 6.54 Å². The van der Waals surface area contributed by atoms with Gasteiger partial charge in [0.05, 0.1) is 0 Å². The van der Waals surface area contributed by atoms with Gasteiger partial charge in [0.2, 0.25) is 5.91 Å². The molecule has 0 spiro atoms. The smallest absolute Gasteiger partial charge is 0.248 e. The molecule has 0 aliphatic carbocycles. The van der Waals surface area contributed by atoms with Crippen LogP contribution in [0.1, 0.15) is 22.8 Å². The van der Waals surface area contributed by atoms with Gasteiger partial charge in [-0.05, 0) is 36.9 Å². The lowest BCUT2D eigenvalue weighted by molar-refractivity contribution is 0.100. The Labute approximate surface area is 122 Å². The quantitative estimate of drug-likeness (QED) is 0.859. The third-order valence-corrected chi connectivity index (χ3v) is 2.97. The summed E-state index contributed by atoms with van der Waals surface area (Å²) in [4.78, 5) is 11.0. The minimum atomic E-state index is -0.514. The summed E-state index contributed by atoms with van der Waals surface area (Å²) in [6, 6.07) is 11.1. The number of benzene rings is 2. The van der Waals surface area contributed by atoms with Crippen molar-refractivity contribution in [2.45, 2.75) is 13.5 Å². The van der Waals surface area contributed by atoms with E-state index in [1.54, 1.807) is 36.4 Å². The number of para-hydroxylation sites is 1. The Bertz CT molecular complexity index is 627. The number of carbonyl (C=O) groups excluding carboxylic acids is 1. The van der Waals surface area contributed by atoms with Crippen LogP contribution < -0.4 is 15.8 Å². The minimum Gasteiger partial charge on any atom is -0.454 e. The van der Waals surface area contributed by atoms with Crippen LogP contribution >= 0.6 is 0 Å². The molecular weight excluding hydrogens is 271 g/mol. The molecule has 0 aromatic heterocycles. The van der Waals surface area contributed by atoms with Gasteiger partial charge in [-0.15, -0.1) is 0 Å². The average molecular weight is 288 g/mol. The highest BCUT2D eigenvalue weighted by Gasteiger charge is 2.11. The molecule has 3 N–H and O–H groups in total. The van der Waals surface area contributed by atoms with Crippen LogP contribution in [-0.4, -0.2) is 12.5 Å². The topological polar surface area (TPSA) is 64.3 Å². The Hall–Kier alpha value is -2.40. The van der Waals surface area contributed by atoms with E-state index in [2.05, 4.69) is 5.32 Å². The Morgan fingerprint density at radius 1 is 1.24 bits per heavy atom. The van der Waals surface area contributed by atoms with Gasteiger partial charge in [-0.3, -0.25) is 4.79 Å². The van der Waals surface area contributed by atoms with Crippen molar-refractivity contribution in [3.63, 3.8) is 0 Å². The molecule has 5 heteroatoms. The number of hydrogen-bond donors (Lipinski definition) is 2. The molecule has 21 heavy (non-hydrogen) atoms. The highest BCUT2D eigenvalue weighted by atomic mass is 19.1. The number of rotatable bonds is 6. The van der Waals surface area contributed by atoms with E-state index in [0.717, 1.165) is 12.1 Å². The van der Waals surface area contributed by atoms with Crippen molar-refractivity contribution in [1.29, 1.82) is 0 Å². The Morgan fingerprint density at radius 3 is 2.57 bits per heavy atom. The molecule has 1 amide bonds. The van der Waals surface area contributed by atoms with Crippen molar-refractivity contribution in [3.8, 4) is 11.5 Å². The van der Waals surface area contributed by atoms with E-state index in [1.165, 1.54) is 6.07 Å². The second kappa shape index (κ2) is 6.85. The van der Waals surface area contributed by atoms with E-state index in [4.69, 9.17) is 10.5 Å². The lowest BCUT2D eigenvalue weighted by Gasteiger charge is -2.12. The first-order valence-electron chi connectivity index (χ1n) is 6.67. The number of primary amides is 1. The van der Waals surface area contributed by atoms with Crippen LogP contribution in [-0.2, 0) is 6.54 Å². The summed E-state index contributed by atoms with van der Waals surface area (Å²) in [5.74, 6) is -0.308. The normalized spacial score (nSPS) is 10.4. The molecule has 0 heterocycles. The maximum absolute atomic E-state index is 13.9. The van der Waals surface area contributed by atoms with Gasteiger partial charge < -0.3 is 15.8 Å². The fraction of sp³-hybridized carbons (Fsp3) is 0.188. The summed E-state index contributed by atoms with van der Waals surface area (Å²) in [6.07, 6.45) is 0. The van der Waals surface area contributed by atoms with E-state index >= 15 is 0 Å². The van der Waals surface area contributed by atoms with Crippen molar-refractivity contribution in [2.24, 2.45) is 5.73 Å². The predicted molar refractivity (Wildman–Crippen MR) is 78.8 cm³/mol. The zero-order valence-electron chi connectivity index (χ0n) is 11.7. The van der Waals surface area contributed by atoms with Crippen LogP contribution in [0.25, 0.3) is 0 Å². The van der Waals surface area contributed by atoms with Crippen LogP contribution in [0.4, 0.5) is 4.39 Å². The standard InChI is InChI=1S/C16H17FN2O2/c1-2-19-10-12-4-3-5-14(17)15(12)21-13-8-6-11(7-9-13)16(18)20/h3-9,19H,2,10H2,1H3,(H2,18,20). The fourth-order valence-corrected chi connectivity index (χ4v) is 1.87. The third kappa shape index (κ3) is 3.79. The second-order valence-electron chi connectivity index (χ2n) is 4.50. The highest BCUT2D eigenvalue weighted by Crippen LogP contribution is 2.28. The maximum atomic E-state index is 13.9. The molecule has 0 atom stereocenters. The average Bonchev–Trinajstić information content (AvgIpc) is 2.48. The molecule has 0 saturated heterocycles. The lowest BCUT2D eigenvalue weighted by atomic mass is 10.2. The Balaban J connectivity index is 2.23. The summed E-state index contributed by atoms with van der Waals surface area (Å²) >= 11 is 0. The number of hydrogen-bond acceptors (Lipinski definition) is 3. The molecule has 2 rings (SSSR count). The number of nitrogens with two attached hydrogens (primary N) is 1. The molecule has 0 aliphatic rings. The Morgan fingerprint density at radius 2 is 1.95 bits per heavy atom. The first-order valence-corrected chi connectivity index (χ1v) is 6.67. The SMILES string of the molecule is CCNCc1cccc(F)c1Oc1ccc(C(N)=O)cc1. The monoisotopic (exact) mass is 288 g/mol. The lowest BCUT2D eigenvalue weighted by Crippen LogP contribution is -2.13. The van der Waals surface area contributed by atoms with Gasteiger partial charge in [0.25, 0.3) is 0 Å². The molecule has 0 radical (unpaired) electrons. The maximum Gasteiger partial charge on any atom is 0.248 e. The van der Waals surface area contributed by atoms with E-state index in [0.29, 0.717) is 17.9 Å². The summed E-state index contributed by atoms with van der Waals surface area (Å²) in [5, 5.41) is 3.13. The van der Waals surface area contributed by atoms with Crippen molar-refractivity contribution in [3.05, 3.63) is 59.4 Å². The van der Waals surface area contributed by atoms with Gasteiger partial charge in [-0.2, -0.15) is 0 Å². The van der Waals surface area contributed by atoms with E-state index in [9.17, 15) is 9.18 Å². The number of halogens is 1. The zero-order chi connectivity index (χ0) is 15.2. The molecule has 2 aromatic carbocycles. The van der Waals surface area contributed by atoms with Gasteiger partial charge >= 0.3 is 0 Å². The van der Waals surface area contributed by atoms with Crippen LogP contribution in [0.5, 0.6) is 11.5 Å². The first kappa shape index (κ1) is 15.0.